The van der Waals surface area contributed by atoms with Crippen LogP contribution in [-0.4, -0.2) is 41.3 Å². The molecule has 0 atom stereocenters. The third kappa shape index (κ3) is 4.47. The highest BCUT2D eigenvalue weighted by atomic mass is 35.5. The topological polar surface area (TPSA) is 105 Å². The van der Waals surface area contributed by atoms with E-state index in [1.54, 1.807) is 6.07 Å². The van der Waals surface area contributed by atoms with Gasteiger partial charge in [-0.05, 0) is 24.3 Å². The maximum absolute atomic E-state index is 12.1. The molecule has 0 aliphatic rings. The Morgan fingerprint density at radius 1 is 1.31 bits per heavy atom. The Morgan fingerprint density at radius 3 is 2.81 bits per heavy atom. The normalized spacial score (nSPS) is 11.7. The lowest BCUT2D eigenvalue weighted by molar-refractivity contribution is -0.113. The number of fused-ring (bicyclic) bond motifs is 1. The first-order valence-electron chi connectivity index (χ1n) is 7.16. The number of anilines is 1. The number of H-pyrrole nitrogens is 1. The predicted octanol–water partition coefficient (Wildman–Crippen LogP) is 3.40. The van der Waals surface area contributed by atoms with Crippen LogP contribution >= 0.6 is 35.0 Å². The molecule has 0 unspecified atom stereocenters. The Hall–Kier alpha value is -1.81. The molecule has 2 N–H and O–H groups in total. The van der Waals surface area contributed by atoms with Crippen LogP contribution in [0.5, 0.6) is 0 Å². The summed E-state index contributed by atoms with van der Waals surface area (Å²) in [5, 5.41) is 3.85. The highest BCUT2D eigenvalue weighted by Gasteiger charge is 2.13. The van der Waals surface area contributed by atoms with Crippen molar-refractivity contribution in [3.05, 3.63) is 40.5 Å². The summed E-state index contributed by atoms with van der Waals surface area (Å²) in [6.45, 7) is 0. The number of hydrogen-bond donors (Lipinski definition) is 2. The first-order chi connectivity index (χ1) is 12.2. The second-order valence-electron chi connectivity index (χ2n) is 5.32. The molecular formula is C15H12Cl2N4O3S2. The van der Waals surface area contributed by atoms with E-state index in [1.807, 2.05) is 0 Å². The van der Waals surface area contributed by atoms with Gasteiger partial charge in [0.05, 0.1) is 31.9 Å². The minimum absolute atomic E-state index is 0.0486. The number of halogens is 2. The molecule has 3 rings (SSSR count). The summed E-state index contributed by atoms with van der Waals surface area (Å²) in [5.41, 5.74) is 1.41. The van der Waals surface area contributed by atoms with E-state index in [0.29, 0.717) is 21.3 Å². The van der Waals surface area contributed by atoms with Gasteiger partial charge in [0.2, 0.25) is 5.91 Å². The number of imidazole rings is 1. The zero-order valence-electron chi connectivity index (χ0n) is 13.3. The summed E-state index contributed by atoms with van der Waals surface area (Å²) >= 11 is 13.1. The maximum Gasteiger partial charge on any atom is 0.234 e. The van der Waals surface area contributed by atoms with Gasteiger partial charge < -0.3 is 10.3 Å². The molecule has 0 aliphatic heterocycles. The highest BCUT2D eigenvalue weighted by Crippen LogP contribution is 2.26. The van der Waals surface area contributed by atoms with Crippen molar-refractivity contribution in [2.24, 2.45) is 0 Å². The Bertz CT molecular complexity index is 1100. The molecule has 1 amide bonds. The van der Waals surface area contributed by atoms with Crippen molar-refractivity contribution in [2.45, 2.75) is 10.1 Å². The number of sulfone groups is 1. The molecule has 0 aliphatic carbocycles. The molecule has 3 aromatic rings. The monoisotopic (exact) mass is 430 g/mol. The Kier molecular flexibility index (Phi) is 5.42. The molecule has 7 nitrogen and oxygen atoms in total. The van der Waals surface area contributed by atoms with Crippen LogP contribution in [0.3, 0.4) is 0 Å². The lowest BCUT2D eigenvalue weighted by Crippen LogP contribution is -2.15. The van der Waals surface area contributed by atoms with Crippen LogP contribution in [0.15, 0.2) is 40.5 Å². The number of hydrogen-bond acceptors (Lipinski definition) is 6. The van der Waals surface area contributed by atoms with Crippen molar-refractivity contribution in [2.75, 3.05) is 17.3 Å². The second-order valence-corrected chi connectivity index (χ2v) is 9.14. The van der Waals surface area contributed by atoms with Crippen molar-refractivity contribution < 1.29 is 13.2 Å². The molecule has 0 radical (unpaired) electrons. The third-order valence-corrected chi connectivity index (χ3v) is 5.78. The minimum Gasteiger partial charge on any atom is -0.331 e. The van der Waals surface area contributed by atoms with Gasteiger partial charge in [0.1, 0.15) is 0 Å². The summed E-state index contributed by atoms with van der Waals surface area (Å²) in [6.07, 6.45) is 2.57. The average Bonchev–Trinajstić information content (AvgIpc) is 2.96. The number of aromatic amines is 1. The lowest BCUT2D eigenvalue weighted by atomic mass is 10.3. The van der Waals surface area contributed by atoms with Crippen LogP contribution in [0.25, 0.3) is 11.2 Å². The second kappa shape index (κ2) is 7.43. The lowest BCUT2D eigenvalue weighted by Gasteiger charge is -2.08. The molecule has 136 valence electrons. The van der Waals surface area contributed by atoms with Crippen molar-refractivity contribution in [1.29, 1.82) is 0 Å². The molecule has 0 bridgehead atoms. The molecule has 0 spiro atoms. The molecule has 2 heterocycles. The van der Waals surface area contributed by atoms with Gasteiger partial charge in [0.25, 0.3) is 0 Å². The van der Waals surface area contributed by atoms with Crippen molar-refractivity contribution in [1.82, 2.24) is 15.0 Å². The molecule has 11 heteroatoms. The Labute approximate surface area is 163 Å². The quantitative estimate of drug-likeness (QED) is 0.600. The maximum atomic E-state index is 12.1. The van der Waals surface area contributed by atoms with Crippen LogP contribution in [0.4, 0.5) is 5.69 Å². The number of pyridine rings is 1. The number of nitrogens with zero attached hydrogens (tertiary/aromatic N) is 2. The number of benzene rings is 1. The first kappa shape index (κ1) is 19.0. The largest absolute Gasteiger partial charge is 0.331 e. The van der Waals surface area contributed by atoms with Crippen molar-refractivity contribution in [3.63, 3.8) is 0 Å². The smallest absolute Gasteiger partial charge is 0.234 e. The summed E-state index contributed by atoms with van der Waals surface area (Å²) in [6, 6.07) is 5.83. The average molecular weight is 431 g/mol. The predicted molar refractivity (Wildman–Crippen MR) is 103 cm³/mol. The van der Waals surface area contributed by atoms with Crippen molar-refractivity contribution >= 4 is 67.6 Å². The van der Waals surface area contributed by atoms with Crippen LogP contribution < -0.4 is 5.32 Å². The zero-order valence-corrected chi connectivity index (χ0v) is 16.4. The van der Waals surface area contributed by atoms with E-state index in [9.17, 15) is 13.2 Å². The van der Waals surface area contributed by atoms with Gasteiger partial charge in [0.15, 0.2) is 20.6 Å². The molecule has 0 fully saturated rings. The number of carbonyl (C=O) groups excluding carboxylic acids is 1. The molecule has 2 aromatic heterocycles. The van der Waals surface area contributed by atoms with E-state index in [2.05, 4.69) is 20.3 Å². The number of thioether (sulfide) groups is 1. The standard InChI is InChI=1S/C15H12Cl2N4O3S2/c1-26(23,24)9-2-3-10(17)11(5-9)19-13(22)7-25-15-20-12-4-8(16)6-18-14(12)21-15/h2-6H,7H2,1H3,(H,19,22)(H,18,20,21). The molecule has 1 aromatic carbocycles. The zero-order chi connectivity index (χ0) is 18.9. The highest BCUT2D eigenvalue weighted by molar-refractivity contribution is 7.99. The summed E-state index contributed by atoms with van der Waals surface area (Å²) < 4.78 is 23.2. The fourth-order valence-corrected chi connectivity index (χ4v) is 3.71. The molecule has 0 saturated carbocycles. The Morgan fingerprint density at radius 2 is 2.08 bits per heavy atom. The number of nitrogens with one attached hydrogen (secondary N) is 2. The van der Waals surface area contributed by atoms with E-state index >= 15 is 0 Å². The fraction of sp³-hybridized carbons (Fsp3) is 0.133. The van der Waals surface area contributed by atoms with Gasteiger partial charge in [0, 0.05) is 12.5 Å². The van der Waals surface area contributed by atoms with Gasteiger partial charge in [-0.2, -0.15) is 0 Å². The van der Waals surface area contributed by atoms with E-state index < -0.39 is 9.84 Å². The van der Waals surface area contributed by atoms with Crippen LogP contribution in [0.2, 0.25) is 10.0 Å². The minimum atomic E-state index is -3.40. The number of amides is 1. The summed E-state index contributed by atoms with van der Waals surface area (Å²) in [7, 11) is -3.40. The van der Waals surface area contributed by atoms with Crippen LogP contribution in [-0.2, 0) is 14.6 Å². The fourth-order valence-electron chi connectivity index (χ4n) is 2.07. The van der Waals surface area contributed by atoms with E-state index in [1.165, 1.54) is 36.2 Å². The SMILES string of the molecule is CS(=O)(=O)c1ccc(Cl)c(NC(=O)CSc2nc3ncc(Cl)cc3[nH]2)c1. The Balaban J connectivity index is 1.69. The molecule has 0 saturated heterocycles. The van der Waals surface area contributed by atoms with E-state index in [-0.39, 0.29) is 27.3 Å². The third-order valence-electron chi connectivity index (χ3n) is 3.26. The van der Waals surface area contributed by atoms with Gasteiger partial charge in [-0.1, -0.05) is 35.0 Å². The van der Waals surface area contributed by atoms with Gasteiger partial charge in [-0.25, -0.2) is 18.4 Å². The first-order valence-corrected chi connectivity index (χ1v) is 10.8. The van der Waals surface area contributed by atoms with E-state index in [4.69, 9.17) is 23.2 Å². The number of carbonyl (C=O) groups is 1. The summed E-state index contributed by atoms with van der Waals surface area (Å²) in [5.74, 6) is -0.304. The van der Waals surface area contributed by atoms with Gasteiger partial charge >= 0.3 is 0 Å². The molecular weight excluding hydrogens is 419 g/mol. The summed E-state index contributed by atoms with van der Waals surface area (Å²) in [4.78, 5) is 23.6. The van der Waals surface area contributed by atoms with Gasteiger partial charge in [-0.15, -0.1) is 0 Å². The van der Waals surface area contributed by atoms with Crippen LogP contribution in [0.1, 0.15) is 0 Å². The molecule has 26 heavy (non-hydrogen) atoms. The van der Waals surface area contributed by atoms with Crippen LogP contribution in [0, 0.1) is 0 Å². The number of aromatic nitrogens is 3. The van der Waals surface area contributed by atoms with Crippen molar-refractivity contribution in [3.8, 4) is 0 Å². The number of rotatable bonds is 5. The van der Waals surface area contributed by atoms with Gasteiger partial charge in [-0.3, -0.25) is 4.79 Å². The van der Waals surface area contributed by atoms with E-state index in [0.717, 1.165) is 6.26 Å².